The smallest absolute Gasteiger partial charge is 0.167 e. The minimum absolute atomic E-state index is 0.0780. The molecule has 0 heterocycles. The maximum absolute atomic E-state index is 12.0. The maximum Gasteiger partial charge on any atom is 0.167 e. The normalized spacial score (nSPS) is 15.9. The first-order valence-corrected chi connectivity index (χ1v) is 6.67. The van der Waals surface area contributed by atoms with Crippen LogP contribution in [0.4, 0.5) is 0 Å². The average Bonchev–Trinajstić information content (AvgIpc) is 2.92. The van der Waals surface area contributed by atoms with E-state index < -0.39 is 0 Å². The highest BCUT2D eigenvalue weighted by atomic mass is 16.5. The van der Waals surface area contributed by atoms with Crippen molar-refractivity contribution in [3.8, 4) is 5.75 Å². The summed E-state index contributed by atoms with van der Waals surface area (Å²) >= 11 is 0. The predicted molar refractivity (Wildman–Crippen MR) is 72.2 cm³/mol. The summed E-state index contributed by atoms with van der Waals surface area (Å²) in [6.45, 7) is 0.385. The van der Waals surface area contributed by atoms with Gasteiger partial charge in [-0.1, -0.05) is 18.9 Å². The molecule has 0 aliphatic heterocycles. The van der Waals surface area contributed by atoms with Gasteiger partial charge in [0.05, 0.1) is 12.7 Å². The number of rotatable bonds is 5. The van der Waals surface area contributed by atoms with E-state index in [0.29, 0.717) is 30.2 Å². The fraction of sp³-hybridized carbons (Fsp3) is 0.533. The molecule has 1 fully saturated rings. The molecule has 98 valence electrons. The van der Waals surface area contributed by atoms with E-state index in [0.717, 1.165) is 0 Å². The summed E-state index contributed by atoms with van der Waals surface area (Å²) in [5.41, 5.74) is 7.42. The zero-order chi connectivity index (χ0) is 13.0. The van der Waals surface area contributed by atoms with E-state index in [1.807, 2.05) is 12.1 Å². The summed E-state index contributed by atoms with van der Waals surface area (Å²) in [6, 6.07) is 6.01. The Balaban J connectivity index is 2.29. The van der Waals surface area contributed by atoms with Crippen LogP contribution in [-0.2, 0) is 0 Å². The lowest BCUT2D eigenvalue weighted by Gasteiger charge is -2.13. The number of methoxy groups -OCH3 is 1. The van der Waals surface area contributed by atoms with Gasteiger partial charge in [0.15, 0.2) is 5.78 Å². The first kappa shape index (κ1) is 13.1. The Kier molecular flexibility index (Phi) is 4.37. The van der Waals surface area contributed by atoms with Gasteiger partial charge in [-0.3, -0.25) is 4.79 Å². The maximum atomic E-state index is 12.0. The van der Waals surface area contributed by atoms with Crippen molar-refractivity contribution >= 4 is 5.78 Å². The van der Waals surface area contributed by atoms with Crippen LogP contribution in [0.15, 0.2) is 18.2 Å². The molecule has 1 saturated carbocycles. The average molecular weight is 247 g/mol. The predicted octanol–water partition coefficient (Wildman–Crippen LogP) is 2.88. The Bertz CT molecular complexity index is 423. The van der Waals surface area contributed by atoms with Crippen LogP contribution in [0.2, 0.25) is 0 Å². The van der Waals surface area contributed by atoms with Crippen molar-refractivity contribution in [3.63, 3.8) is 0 Å². The zero-order valence-corrected chi connectivity index (χ0v) is 10.9. The standard InChI is InChI=1S/C15H21NO2/c1-18-15-7-6-12(11-4-2-3-5-11)10-13(15)14(17)8-9-16/h6-7,10-11H,2-5,8-9,16H2,1H3. The second kappa shape index (κ2) is 6.01. The number of ether oxygens (including phenoxy) is 1. The van der Waals surface area contributed by atoms with Crippen LogP contribution in [0, 0.1) is 0 Å². The molecule has 0 amide bonds. The lowest BCUT2D eigenvalue weighted by Crippen LogP contribution is -2.10. The van der Waals surface area contributed by atoms with Crippen LogP contribution in [0.5, 0.6) is 5.75 Å². The molecular weight excluding hydrogens is 226 g/mol. The number of benzene rings is 1. The number of carbonyl (C=O) groups is 1. The molecule has 0 saturated heterocycles. The van der Waals surface area contributed by atoms with Crippen molar-refractivity contribution < 1.29 is 9.53 Å². The number of hydrogen-bond acceptors (Lipinski definition) is 3. The van der Waals surface area contributed by atoms with Crippen molar-refractivity contribution in [3.05, 3.63) is 29.3 Å². The molecule has 1 aromatic rings. The van der Waals surface area contributed by atoms with Crippen LogP contribution < -0.4 is 10.5 Å². The first-order chi connectivity index (χ1) is 8.76. The van der Waals surface area contributed by atoms with E-state index in [2.05, 4.69) is 6.07 Å². The Hall–Kier alpha value is -1.35. The Labute approximate surface area is 108 Å². The molecule has 1 aromatic carbocycles. The molecule has 1 aliphatic carbocycles. The second-order valence-corrected chi connectivity index (χ2v) is 4.90. The topological polar surface area (TPSA) is 52.3 Å². The Morgan fingerprint density at radius 3 is 2.72 bits per heavy atom. The largest absolute Gasteiger partial charge is 0.496 e. The van der Waals surface area contributed by atoms with Gasteiger partial charge in [-0.15, -0.1) is 0 Å². The molecule has 3 heteroatoms. The molecule has 0 spiro atoms. The van der Waals surface area contributed by atoms with E-state index in [1.54, 1.807) is 7.11 Å². The van der Waals surface area contributed by atoms with Crippen molar-refractivity contribution in [2.24, 2.45) is 5.73 Å². The number of carbonyl (C=O) groups excluding carboxylic acids is 1. The monoisotopic (exact) mass is 247 g/mol. The highest BCUT2D eigenvalue weighted by Crippen LogP contribution is 2.36. The molecule has 0 unspecified atom stereocenters. The van der Waals surface area contributed by atoms with Crippen LogP contribution >= 0.6 is 0 Å². The minimum Gasteiger partial charge on any atom is -0.496 e. The van der Waals surface area contributed by atoms with Gasteiger partial charge >= 0.3 is 0 Å². The third-order valence-corrected chi connectivity index (χ3v) is 3.72. The van der Waals surface area contributed by atoms with Crippen molar-refractivity contribution in [1.29, 1.82) is 0 Å². The van der Waals surface area contributed by atoms with Gasteiger partial charge in [0.2, 0.25) is 0 Å². The molecular formula is C15H21NO2. The van der Waals surface area contributed by atoms with Crippen LogP contribution in [0.3, 0.4) is 0 Å². The fourth-order valence-corrected chi connectivity index (χ4v) is 2.72. The highest BCUT2D eigenvalue weighted by Gasteiger charge is 2.20. The molecule has 1 aliphatic rings. The third kappa shape index (κ3) is 2.72. The molecule has 0 atom stereocenters. The van der Waals surface area contributed by atoms with E-state index in [4.69, 9.17) is 10.5 Å². The Morgan fingerprint density at radius 1 is 1.39 bits per heavy atom. The number of ketones is 1. The van der Waals surface area contributed by atoms with Crippen LogP contribution in [0.1, 0.15) is 53.9 Å². The SMILES string of the molecule is COc1ccc(C2CCCC2)cc1C(=O)CCN. The van der Waals surface area contributed by atoms with Crippen molar-refractivity contribution in [1.82, 2.24) is 0 Å². The van der Waals surface area contributed by atoms with E-state index in [9.17, 15) is 4.79 Å². The van der Waals surface area contributed by atoms with Gasteiger partial charge < -0.3 is 10.5 Å². The number of Topliss-reactive ketones (excluding diaryl/α,β-unsaturated/α-hetero) is 1. The van der Waals surface area contributed by atoms with Gasteiger partial charge in [0.1, 0.15) is 5.75 Å². The van der Waals surface area contributed by atoms with Gasteiger partial charge in [0.25, 0.3) is 0 Å². The summed E-state index contributed by atoms with van der Waals surface area (Å²) in [5.74, 6) is 1.35. The van der Waals surface area contributed by atoms with E-state index in [1.165, 1.54) is 31.2 Å². The molecule has 2 N–H and O–H groups in total. The van der Waals surface area contributed by atoms with Crippen LogP contribution in [0.25, 0.3) is 0 Å². The summed E-state index contributed by atoms with van der Waals surface area (Å²) in [4.78, 5) is 12.0. The van der Waals surface area contributed by atoms with E-state index in [-0.39, 0.29) is 5.78 Å². The van der Waals surface area contributed by atoms with Crippen LogP contribution in [-0.4, -0.2) is 19.4 Å². The molecule has 0 aromatic heterocycles. The number of hydrogen-bond donors (Lipinski definition) is 1. The number of nitrogens with two attached hydrogens (primary N) is 1. The molecule has 2 rings (SSSR count). The summed E-state index contributed by atoms with van der Waals surface area (Å²) in [6.07, 6.45) is 5.43. The second-order valence-electron chi connectivity index (χ2n) is 4.90. The third-order valence-electron chi connectivity index (χ3n) is 3.72. The lowest BCUT2D eigenvalue weighted by molar-refractivity contribution is 0.0982. The Morgan fingerprint density at radius 2 is 2.11 bits per heavy atom. The van der Waals surface area contributed by atoms with Gasteiger partial charge in [-0.05, 0) is 43.0 Å². The fourth-order valence-electron chi connectivity index (χ4n) is 2.72. The van der Waals surface area contributed by atoms with E-state index >= 15 is 0 Å². The molecule has 0 radical (unpaired) electrons. The summed E-state index contributed by atoms with van der Waals surface area (Å²) in [5, 5.41) is 0. The summed E-state index contributed by atoms with van der Waals surface area (Å²) in [7, 11) is 1.60. The summed E-state index contributed by atoms with van der Waals surface area (Å²) < 4.78 is 5.27. The molecule has 3 nitrogen and oxygen atoms in total. The minimum atomic E-state index is 0.0780. The zero-order valence-electron chi connectivity index (χ0n) is 10.9. The highest BCUT2D eigenvalue weighted by molar-refractivity contribution is 5.99. The quantitative estimate of drug-likeness (QED) is 0.814. The molecule has 0 bridgehead atoms. The van der Waals surface area contributed by atoms with Crippen molar-refractivity contribution in [2.75, 3.05) is 13.7 Å². The van der Waals surface area contributed by atoms with Gasteiger partial charge in [-0.25, -0.2) is 0 Å². The van der Waals surface area contributed by atoms with Gasteiger partial charge in [0, 0.05) is 6.42 Å². The van der Waals surface area contributed by atoms with Gasteiger partial charge in [-0.2, -0.15) is 0 Å². The van der Waals surface area contributed by atoms with Crippen molar-refractivity contribution in [2.45, 2.75) is 38.0 Å². The lowest BCUT2D eigenvalue weighted by atomic mass is 9.94. The molecule has 18 heavy (non-hydrogen) atoms. The first-order valence-electron chi connectivity index (χ1n) is 6.67.